The molecular formula is C52H102O5. The van der Waals surface area contributed by atoms with E-state index in [1.54, 1.807) is 0 Å². The molecule has 2 N–H and O–H groups in total. The molecule has 0 saturated heterocycles. The third-order valence-electron chi connectivity index (χ3n) is 12.3. The van der Waals surface area contributed by atoms with Crippen LogP contribution >= 0.6 is 0 Å². The topological polar surface area (TPSA) is 83.8 Å². The van der Waals surface area contributed by atoms with Gasteiger partial charge < -0.3 is 14.9 Å². The van der Waals surface area contributed by atoms with Gasteiger partial charge in [0.15, 0.2) is 0 Å². The lowest BCUT2D eigenvalue weighted by atomic mass is 10.0. The maximum Gasteiger partial charge on any atom is 0.305 e. The van der Waals surface area contributed by atoms with E-state index < -0.39 is 5.97 Å². The average Bonchev–Trinajstić information content (AvgIpc) is 3.20. The van der Waals surface area contributed by atoms with Crippen molar-refractivity contribution in [3.8, 4) is 0 Å². The largest absolute Gasteiger partial charge is 0.481 e. The van der Waals surface area contributed by atoms with Crippen molar-refractivity contribution < 1.29 is 24.5 Å². The minimum Gasteiger partial charge on any atom is -0.481 e. The highest BCUT2D eigenvalue weighted by Gasteiger charge is 2.03. The van der Waals surface area contributed by atoms with Gasteiger partial charge in [0.25, 0.3) is 0 Å². The van der Waals surface area contributed by atoms with E-state index in [2.05, 4.69) is 0 Å². The monoisotopic (exact) mass is 807 g/mol. The van der Waals surface area contributed by atoms with Crippen LogP contribution in [-0.4, -0.2) is 35.4 Å². The molecule has 0 aromatic rings. The number of hydrogen-bond donors (Lipinski definition) is 2. The van der Waals surface area contributed by atoms with E-state index in [1.165, 1.54) is 263 Å². The molecule has 5 nitrogen and oxygen atoms in total. The first-order valence-corrected chi connectivity index (χ1v) is 26.1. The zero-order chi connectivity index (χ0) is 41.2. The van der Waals surface area contributed by atoms with E-state index in [0.29, 0.717) is 26.1 Å². The van der Waals surface area contributed by atoms with E-state index in [0.717, 1.165) is 32.1 Å². The Morgan fingerprint density at radius 3 is 0.684 bits per heavy atom. The van der Waals surface area contributed by atoms with E-state index in [-0.39, 0.29) is 5.97 Å². The van der Waals surface area contributed by atoms with Crippen LogP contribution in [0.4, 0.5) is 0 Å². The van der Waals surface area contributed by atoms with Crippen molar-refractivity contribution in [3.63, 3.8) is 0 Å². The molecule has 0 radical (unpaired) electrons. The molecule has 0 amide bonds. The number of aliphatic hydroxyl groups is 1. The van der Waals surface area contributed by atoms with Crippen LogP contribution in [0.3, 0.4) is 0 Å². The minimum atomic E-state index is -0.656. The van der Waals surface area contributed by atoms with Gasteiger partial charge in [-0.15, -0.1) is 0 Å². The predicted molar refractivity (Wildman–Crippen MR) is 247 cm³/mol. The van der Waals surface area contributed by atoms with Crippen molar-refractivity contribution in [2.75, 3.05) is 13.2 Å². The predicted octanol–water partition coefficient (Wildman–Crippen LogP) is 17.3. The number of carboxylic acids is 1. The summed E-state index contributed by atoms with van der Waals surface area (Å²) in [7, 11) is 0. The summed E-state index contributed by atoms with van der Waals surface area (Å²) in [5.74, 6) is -0.638. The summed E-state index contributed by atoms with van der Waals surface area (Å²) in [6.45, 7) is 0.979. The quantitative estimate of drug-likeness (QED) is 0.0472. The van der Waals surface area contributed by atoms with Crippen LogP contribution in [0.2, 0.25) is 0 Å². The summed E-state index contributed by atoms with van der Waals surface area (Å²) in [4.78, 5) is 22.6. The fourth-order valence-electron chi connectivity index (χ4n) is 8.44. The van der Waals surface area contributed by atoms with E-state index in [1.807, 2.05) is 0 Å². The normalized spacial score (nSPS) is 11.5. The number of hydrogen-bond acceptors (Lipinski definition) is 4. The standard InChI is InChI=1S/C52H102O5/c53-49-45-41-37-33-29-25-21-17-13-9-5-1-4-8-12-16-20-24-28-32-36-40-44-48-52(56)57-50-46-42-38-34-30-26-22-18-14-10-6-2-3-7-11-15-19-23-27-31-35-39-43-47-51(54)55/h53H,1-50H2,(H,54,55). The fourth-order valence-corrected chi connectivity index (χ4v) is 8.44. The highest BCUT2D eigenvalue weighted by Crippen LogP contribution is 2.18. The molecule has 0 atom stereocenters. The Hall–Kier alpha value is -1.10. The van der Waals surface area contributed by atoms with Gasteiger partial charge in [0.05, 0.1) is 6.61 Å². The average molecular weight is 807 g/mol. The lowest BCUT2D eigenvalue weighted by molar-refractivity contribution is -0.144. The second-order valence-electron chi connectivity index (χ2n) is 18.1. The number of esters is 1. The summed E-state index contributed by atoms with van der Waals surface area (Å²) in [6.07, 6.45) is 61.9. The highest BCUT2D eigenvalue weighted by molar-refractivity contribution is 5.69. The molecule has 0 aliphatic heterocycles. The number of aliphatic hydroxyl groups excluding tert-OH is 1. The minimum absolute atomic E-state index is 0.0185. The summed E-state index contributed by atoms with van der Waals surface area (Å²) >= 11 is 0. The molecule has 340 valence electrons. The molecule has 0 bridgehead atoms. The van der Waals surface area contributed by atoms with Gasteiger partial charge in [0.1, 0.15) is 0 Å². The molecule has 57 heavy (non-hydrogen) atoms. The Morgan fingerprint density at radius 2 is 0.456 bits per heavy atom. The smallest absolute Gasteiger partial charge is 0.305 e. The van der Waals surface area contributed by atoms with Crippen LogP contribution in [0.15, 0.2) is 0 Å². The third kappa shape index (κ3) is 52.9. The van der Waals surface area contributed by atoms with E-state index in [4.69, 9.17) is 14.9 Å². The Kier molecular flexibility index (Phi) is 50.1. The van der Waals surface area contributed by atoms with Crippen molar-refractivity contribution in [2.45, 2.75) is 308 Å². The van der Waals surface area contributed by atoms with Crippen LogP contribution in [0, 0.1) is 0 Å². The van der Waals surface area contributed by atoms with Crippen molar-refractivity contribution in [2.24, 2.45) is 0 Å². The van der Waals surface area contributed by atoms with Crippen LogP contribution in [0.25, 0.3) is 0 Å². The molecule has 0 rings (SSSR count). The maximum atomic E-state index is 12.1. The summed E-state index contributed by atoms with van der Waals surface area (Å²) in [5.41, 5.74) is 0. The van der Waals surface area contributed by atoms with Crippen molar-refractivity contribution in [1.82, 2.24) is 0 Å². The number of carbonyl (C=O) groups is 2. The first-order chi connectivity index (χ1) is 28.2. The molecule has 0 spiro atoms. The lowest BCUT2D eigenvalue weighted by Crippen LogP contribution is -2.05. The van der Waals surface area contributed by atoms with E-state index in [9.17, 15) is 9.59 Å². The zero-order valence-corrected chi connectivity index (χ0v) is 38.5. The van der Waals surface area contributed by atoms with Crippen molar-refractivity contribution >= 4 is 11.9 Å². The van der Waals surface area contributed by atoms with Gasteiger partial charge in [-0.2, -0.15) is 0 Å². The van der Waals surface area contributed by atoms with Gasteiger partial charge in [-0.05, 0) is 25.7 Å². The molecule has 5 heteroatoms. The lowest BCUT2D eigenvalue weighted by Gasteiger charge is -2.06. The van der Waals surface area contributed by atoms with E-state index >= 15 is 0 Å². The fraction of sp³-hybridized carbons (Fsp3) is 0.962. The molecule has 0 aliphatic rings. The van der Waals surface area contributed by atoms with Gasteiger partial charge in [-0.25, -0.2) is 0 Å². The molecule has 0 aromatic heterocycles. The van der Waals surface area contributed by atoms with Crippen LogP contribution in [0.5, 0.6) is 0 Å². The van der Waals surface area contributed by atoms with Crippen LogP contribution < -0.4 is 0 Å². The molecule has 0 aromatic carbocycles. The number of rotatable bonds is 51. The number of ether oxygens (including phenoxy) is 1. The molecule has 0 aliphatic carbocycles. The van der Waals surface area contributed by atoms with Crippen molar-refractivity contribution in [1.29, 1.82) is 0 Å². The number of carboxylic acid groups (broad SMARTS) is 1. The number of carbonyl (C=O) groups excluding carboxylic acids is 1. The summed E-state index contributed by atoms with van der Waals surface area (Å²) in [5, 5.41) is 17.5. The number of aliphatic carboxylic acids is 1. The van der Waals surface area contributed by atoms with Gasteiger partial charge in [-0.1, -0.05) is 270 Å². The molecule has 0 heterocycles. The van der Waals surface area contributed by atoms with Crippen LogP contribution in [0.1, 0.15) is 308 Å². The van der Waals surface area contributed by atoms with Gasteiger partial charge >= 0.3 is 11.9 Å². The molecule has 0 unspecified atom stereocenters. The second kappa shape index (κ2) is 51.0. The van der Waals surface area contributed by atoms with Gasteiger partial charge in [-0.3, -0.25) is 9.59 Å². The Bertz CT molecular complexity index is 770. The third-order valence-corrected chi connectivity index (χ3v) is 12.3. The highest BCUT2D eigenvalue weighted by atomic mass is 16.5. The second-order valence-corrected chi connectivity index (χ2v) is 18.1. The summed E-state index contributed by atoms with van der Waals surface area (Å²) in [6, 6.07) is 0. The molecule has 0 fully saturated rings. The summed E-state index contributed by atoms with van der Waals surface area (Å²) < 4.78 is 5.49. The van der Waals surface area contributed by atoms with Gasteiger partial charge in [0.2, 0.25) is 0 Å². The Labute approximate surface area is 356 Å². The maximum absolute atomic E-state index is 12.1. The number of unbranched alkanes of at least 4 members (excludes halogenated alkanes) is 44. The first-order valence-electron chi connectivity index (χ1n) is 26.1. The van der Waals surface area contributed by atoms with Crippen molar-refractivity contribution in [3.05, 3.63) is 0 Å². The SMILES string of the molecule is O=C(O)CCCCCCCCCCCCCCCCCCCCCCCCCOC(=O)CCCCCCCCCCCCCCCCCCCCCCCCCO. The molecular weight excluding hydrogens is 705 g/mol. The van der Waals surface area contributed by atoms with Gasteiger partial charge in [0, 0.05) is 19.4 Å². The first kappa shape index (κ1) is 55.9. The zero-order valence-electron chi connectivity index (χ0n) is 38.5. The Morgan fingerprint density at radius 1 is 0.263 bits per heavy atom. The Balaban J connectivity index is 3.15. The molecule has 0 saturated carbocycles. The van der Waals surface area contributed by atoms with Crippen LogP contribution in [-0.2, 0) is 14.3 Å².